The molecular weight excluding hydrogens is 280 g/mol. The standard InChI is InChI=1S/C17H26N2O3/c1-7-9-19-12(3)10-15(13(19)4)16(20)11-18(6)14(5)17(21)22-8-2/h7,10,14H,1,8-9,11H2,2-6H3/t14-/m1/s1. The molecule has 1 rings (SSSR count). The Kier molecular flexibility index (Phi) is 6.56. The molecule has 1 atom stereocenters. The van der Waals surface area contributed by atoms with Crippen LogP contribution in [0.25, 0.3) is 0 Å². The fourth-order valence-corrected chi connectivity index (χ4v) is 2.38. The highest BCUT2D eigenvalue weighted by Gasteiger charge is 2.23. The van der Waals surface area contributed by atoms with Gasteiger partial charge in [-0.15, -0.1) is 6.58 Å². The molecule has 22 heavy (non-hydrogen) atoms. The van der Waals surface area contributed by atoms with E-state index < -0.39 is 6.04 Å². The predicted octanol–water partition coefficient (Wildman–Crippen LogP) is 2.36. The molecule has 0 fully saturated rings. The van der Waals surface area contributed by atoms with E-state index >= 15 is 0 Å². The second-order valence-electron chi connectivity index (χ2n) is 5.45. The summed E-state index contributed by atoms with van der Waals surface area (Å²) in [6.07, 6.45) is 1.81. The highest BCUT2D eigenvalue weighted by molar-refractivity contribution is 5.99. The van der Waals surface area contributed by atoms with Crippen molar-refractivity contribution in [2.24, 2.45) is 0 Å². The highest BCUT2D eigenvalue weighted by Crippen LogP contribution is 2.16. The van der Waals surface area contributed by atoms with E-state index in [1.54, 1.807) is 25.8 Å². The van der Waals surface area contributed by atoms with Crippen LogP contribution < -0.4 is 0 Å². The van der Waals surface area contributed by atoms with Gasteiger partial charge in [0.1, 0.15) is 6.04 Å². The zero-order valence-electron chi connectivity index (χ0n) is 14.2. The van der Waals surface area contributed by atoms with Crippen LogP contribution in [0.1, 0.15) is 35.6 Å². The lowest BCUT2D eigenvalue weighted by Gasteiger charge is -2.22. The van der Waals surface area contributed by atoms with Crippen LogP contribution in [-0.4, -0.2) is 47.5 Å². The van der Waals surface area contributed by atoms with Gasteiger partial charge in [-0.05, 0) is 40.8 Å². The summed E-state index contributed by atoms with van der Waals surface area (Å²) in [5.41, 5.74) is 2.66. The Hall–Kier alpha value is -1.88. The molecule has 0 N–H and O–H groups in total. The third-order valence-electron chi connectivity index (χ3n) is 3.87. The van der Waals surface area contributed by atoms with Gasteiger partial charge in [0.2, 0.25) is 0 Å². The van der Waals surface area contributed by atoms with Crippen molar-refractivity contribution in [1.82, 2.24) is 9.47 Å². The lowest BCUT2D eigenvalue weighted by molar-refractivity contribution is -0.148. The van der Waals surface area contributed by atoms with E-state index in [4.69, 9.17) is 4.74 Å². The maximum Gasteiger partial charge on any atom is 0.323 e. The average molecular weight is 306 g/mol. The Bertz CT molecular complexity index is 560. The minimum absolute atomic E-state index is 0.00191. The van der Waals surface area contributed by atoms with E-state index in [1.807, 2.05) is 26.0 Å². The number of esters is 1. The second kappa shape index (κ2) is 7.94. The van der Waals surface area contributed by atoms with E-state index in [1.165, 1.54) is 0 Å². The molecule has 5 heteroatoms. The number of likely N-dealkylation sites (N-methyl/N-ethyl adjacent to an activating group) is 1. The number of carbonyl (C=O) groups excluding carboxylic acids is 2. The molecule has 0 saturated heterocycles. The van der Waals surface area contributed by atoms with Crippen LogP contribution in [0.4, 0.5) is 0 Å². The molecule has 0 amide bonds. The van der Waals surface area contributed by atoms with Crippen molar-refractivity contribution in [2.75, 3.05) is 20.2 Å². The number of ketones is 1. The SMILES string of the molecule is C=CCn1c(C)cc(C(=O)CN(C)[C@H](C)C(=O)OCC)c1C. The van der Waals surface area contributed by atoms with E-state index in [-0.39, 0.29) is 18.3 Å². The maximum atomic E-state index is 12.5. The van der Waals surface area contributed by atoms with Gasteiger partial charge in [-0.2, -0.15) is 0 Å². The molecule has 0 bridgehead atoms. The molecule has 122 valence electrons. The summed E-state index contributed by atoms with van der Waals surface area (Å²) in [5.74, 6) is -0.308. The van der Waals surface area contributed by atoms with Gasteiger partial charge >= 0.3 is 5.97 Å². The van der Waals surface area contributed by atoms with Crippen molar-refractivity contribution < 1.29 is 14.3 Å². The van der Waals surface area contributed by atoms with E-state index in [0.29, 0.717) is 18.7 Å². The minimum Gasteiger partial charge on any atom is -0.465 e. The third-order valence-corrected chi connectivity index (χ3v) is 3.87. The first-order chi connectivity index (χ1) is 10.3. The maximum absolute atomic E-state index is 12.5. The number of rotatable bonds is 8. The molecule has 0 unspecified atom stereocenters. The van der Waals surface area contributed by atoms with Crippen LogP contribution in [-0.2, 0) is 16.1 Å². The fraction of sp³-hybridized carbons (Fsp3) is 0.529. The summed E-state index contributed by atoms with van der Waals surface area (Å²) in [6.45, 7) is 12.3. The van der Waals surface area contributed by atoms with Gasteiger partial charge in [0.05, 0.1) is 13.2 Å². The summed E-state index contributed by atoms with van der Waals surface area (Å²) >= 11 is 0. The molecule has 1 aromatic heterocycles. The second-order valence-corrected chi connectivity index (χ2v) is 5.45. The summed E-state index contributed by atoms with van der Waals surface area (Å²) in [5, 5.41) is 0. The van der Waals surface area contributed by atoms with E-state index in [2.05, 4.69) is 11.1 Å². The number of aromatic nitrogens is 1. The highest BCUT2D eigenvalue weighted by atomic mass is 16.5. The normalized spacial score (nSPS) is 12.3. The van der Waals surface area contributed by atoms with Gasteiger partial charge in [-0.3, -0.25) is 14.5 Å². The average Bonchev–Trinajstić information content (AvgIpc) is 2.75. The molecule has 0 saturated carbocycles. The van der Waals surface area contributed by atoms with Crippen molar-refractivity contribution in [3.8, 4) is 0 Å². The predicted molar refractivity (Wildman–Crippen MR) is 87.2 cm³/mol. The van der Waals surface area contributed by atoms with Gasteiger partial charge < -0.3 is 9.30 Å². The number of nitrogens with zero attached hydrogens (tertiary/aromatic N) is 2. The van der Waals surface area contributed by atoms with Crippen LogP contribution >= 0.6 is 0 Å². The van der Waals surface area contributed by atoms with Crippen LogP contribution in [0.15, 0.2) is 18.7 Å². The molecule has 1 aromatic rings. The van der Waals surface area contributed by atoms with Gasteiger partial charge in [0, 0.05) is 23.5 Å². The van der Waals surface area contributed by atoms with E-state index in [9.17, 15) is 9.59 Å². The smallest absolute Gasteiger partial charge is 0.323 e. The first-order valence-corrected chi connectivity index (χ1v) is 7.51. The van der Waals surface area contributed by atoms with Gasteiger partial charge in [-0.25, -0.2) is 0 Å². The van der Waals surface area contributed by atoms with Gasteiger partial charge in [0.15, 0.2) is 5.78 Å². The quantitative estimate of drug-likeness (QED) is 0.420. The molecule has 0 spiro atoms. The number of hydrogen-bond donors (Lipinski definition) is 0. The molecule has 1 heterocycles. The molecule has 0 aliphatic heterocycles. The summed E-state index contributed by atoms with van der Waals surface area (Å²) in [6, 6.07) is 1.45. The fourth-order valence-electron chi connectivity index (χ4n) is 2.38. The van der Waals surface area contributed by atoms with Crippen molar-refractivity contribution in [2.45, 2.75) is 40.3 Å². The molecular formula is C17H26N2O3. The minimum atomic E-state index is -0.444. The first kappa shape index (κ1) is 18.2. The van der Waals surface area contributed by atoms with Crippen molar-refractivity contribution in [3.05, 3.63) is 35.7 Å². The van der Waals surface area contributed by atoms with Crippen LogP contribution in [0.2, 0.25) is 0 Å². The lowest BCUT2D eigenvalue weighted by atomic mass is 10.1. The summed E-state index contributed by atoms with van der Waals surface area (Å²) < 4.78 is 7.03. The molecule has 0 radical (unpaired) electrons. The van der Waals surface area contributed by atoms with Gasteiger partial charge in [0.25, 0.3) is 0 Å². The Morgan fingerprint density at radius 2 is 2.09 bits per heavy atom. The van der Waals surface area contributed by atoms with Crippen molar-refractivity contribution >= 4 is 11.8 Å². The number of ether oxygens (including phenoxy) is 1. The van der Waals surface area contributed by atoms with Crippen molar-refractivity contribution in [1.29, 1.82) is 0 Å². The first-order valence-electron chi connectivity index (χ1n) is 7.51. The molecule has 5 nitrogen and oxygen atoms in total. The number of carbonyl (C=O) groups is 2. The number of Topliss-reactive ketones (excluding diaryl/α,β-unsaturated/α-hetero) is 1. The zero-order chi connectivity index (χ0) is 16.9. The Labute approximate surface area is 132 Å². The Balaban J connectivity index is 2.83. The lowest BCUT2D eigenvalue weighted by Crippen LogP contribution is -2.40. The number of hydrogen-bond acceptors (Lipinski definition) is 4. The van der Waals surface area contributed by atoms with Crippen molar-refractivity contribution in [3.63, 3.8) is 0 Å². The number of aryl methyl sites for hydroxylation is 1. The Morgan fingerprint density at radius 1 is 1.45 bits per heavy atom. The van der Waals surface area contributed by atoms with E-state index in [0.717, 1.165) is 11.4 Å². The summed E-state index contributed by atoms with van der Waals surface area (Å²) in [4.78, 5) is 25.9. The molecule has 0 aliphatic rings. The molecule has 0 aliphatic carbocycles. The van der Waals surface area contributed by atoms with Crippen LogP contribution in [0.5, 0.6) is 0 Å². The Morgan fingerprint density at radius 3 is 2.64 bits per heavy atom. The topological polar surface area (TPSA) is 51.5 Å². The monoisotopic (exact) mass is 306 g/mol. The van der Waals surface area contributed by atoms with Gasteiger partial charge in [-0.1, -0.05) is 6.08 Å². The largest absolute Gasteiger partial charge is 0.465 e. The summed E-state index contributed by atoms with van der Waals surface area (Å²) in [7, 11) is 1.75. The zero-order valence-corrected chi connectivity index (χ0v) is 14.2. The number of allylic oxidation sites excluding steroid dienone is 1. The third kappa shape index (κ3) is 4.07. The van der Waals surface area contributed by atoms with Crippen LogP contribution in [0, 0.1) is 13.8 Å². The molecule has 0 aromatic carbocycles. The van der Waals surface area contributed by atoms with Crippen LogP contribution in [0.3, 0.4) is 0 Å².